The van der Waals surface area contributed by atoms with Crippen LogP contribution in [0.25, 0.3) is 5.69 Å². The molecule has 6 heteroatoms. The van der Waals surface area contributed by atoms with Crippen molar-refractivity contribution in [3.8, 4) is 5.69 Å². The normalized spacial score (nSPS) is 11.0. The Balaban J connectivity index is 1.85. The van der Waals surface area contributed by atoms with Crippen LogP contribution in [-0.2, 0) is 6.54 Å². The van der Waals surface area contributed by atoms with Gasteiger partial charge in [-0.1, -0.05) is 41.9 Å². The van der Waals surface area contributed by atoms with Crippen LogP contribution in [0.2, 0.25) is 5.02 Å². The first-order valence-corrected chi connectivity index (χ1v) is 9.62. The Morgan fingerprint density at radius 3 is 2.36 bits per heavy atom. The molecular formula is C22H25ClN4O. The molecule has 0 spiro atoms. The third-order valence-electron chi connectivity index (χ3n) is 4.50. The molecule has 1 amide bonds. The molecule has 5 nitrogen and oxygen atoms in total. The van der Waals surface area contributed by atoms with Gasteiger partial charge in [-0.3, -0.25) is 4.79 Å². The summed E-state index contributed by atoms with van der Waals surface area (Å²) in [5.74, 6) is -0.0745. The van der Waals surface area contributed by atoms with Crippen LogP contribution in [0.3, 0.4) is 0 Å². The maximum absolute atomic E-state index is 13.2. The molecule has 2 aromatic carbocycles. The minimum absolute atomic E-state index is 0.0745. The molecule has 0 bridgehead atoms. The van der Waals surface area contributed by atoms with Crippen molar-refractivity contribution in [2.75, 3.05) is 27.2 Å². The SMILES string of the molecule is Cc1cc(C(=O)N(CCN(C)C)Cc2ccc(Cl)cc2)nn1-c1ccccc1. The van der Waals surface area contributed by atoms with Crippen LogP contribution in [0, 0.1) is 6.92 Å². The predicted octanol–water partition coefficient (Wildman–Crippen LogP) is 4.04. The Labute approximate surface area is 171 Å². The summed E-state index contributed by atoms with van der Waals surface area (Å²) in [5, 5.41) is 5.26. The summed E-state index contributed by atoms with van der Waals surface area (Å²) in [6.45, 7) is 3.87. The summed E-state index contributed by atoms with van der Waals surface area (Å²) in [6, 6.07) is 19.3. The molecular weight excluding hydrogens is 372 g/mol. The fourth-order valence-electron chi connectivity index (χ4n) is 2.95. The van der Waals surface area contributed by atoms with E-state index in [9.17, 15) is 4.79 Å². The van der Waals surface area contributed by atoms with Crippen LogP contribution < -0.4 is 0 Å². The van der Waals surface area contributed by atoms with Crippen molar-refractivity contribution in [2.45, 2.75) is 13.5 Å². The summed E-state index contributed by atoms with van der Waals surface area (Å²) in [7, 11) is 4.00. The molecule has 0 fully saturated rings. The number of likely N-dealkylation sites (N-methyl/N-ethyl adjacent to an activating group) is 1. The minimum atomic E-state index is -0.0745. The van der Waals surface area contributed by atoms with Gasteiger partial charge in [0, 0.05) is 30.4 Å². The van der Waals surface area contributed by atoms with Gasteiger partial charge in [0.1, 0.15) is 0 Å². The van der Waals surface area contributed by atoms with E-state index in [4.69, 9.17) is 11.6 Å². The largest absolute Gasteiger partial charge is 0.332 e. The number of carbonyl (C=O) groups is 1. The van der Waals surface area contributed by atoms with Crippen molar-refractivity contribution < 1.29 is 4.79 Å². The Kier molecular flexibility index (Phi) is 6.49. The molecule has 0 saturated heterocycles. The number of aryl methyl sites for hydroxylation is 1. The van der Waals surface area contributed by atoms with Crippen LogP contribution in [0.5, 0.6) is 0 Å². The molecule has 0 aliphatic heterocycles. The number of rotatable bonds is 7. The van der Waals surface area contributed by atoms with Gasteiger partial charge in [-0.15, -0.1) is 0 Å². The quantitative estimate of drug-likeness (QED) is 0.605. The molecule has 146 valence electrons. The highest BCUT2D eigenvalue weighted by Crippen LogP contribution is 2.16. The van der Waals surface area contributed by atoms with Crippen LogP contribution in [0.15, 0.2) is 60.7 Å². The van der Waals surface area contributed by atoms with Crippen molar-refractivity contribution in [1.29, 1.82) is 0 Å². The number of benzene rings is 2. The van der Waals surface area contributed by atoms with E-state index in [-0.39, 0.29) is 5.91 Å². The first-order valence-electron chi connectivity index (χ1n) is 9.24. The molecule has 0 saturated carbocycles. The second-order valence-electron chi connectivity index (χ2n) is 7.07. The first kappa shape index (κ1) is 20.1. The lowest BCUT2D eigenvalue weighted by Gasteiger charge is -2.24. The lowest BCUT2D eigenvalue weighted by atomic mass is 10.2. The second-order valence-corrected chi connectivity index (χ2v) is 7.51. The van der Waals surface area contributed by atoms with Gasteiger partial charge >= 0.3 is 0 Å². The topological polar surface area (TPSA) is 41.4 Å². The first-order chi connectivity index (χ1) is 13.4. The number of nitrogens with zero attached hydrogens (tertiary/aromatic N) is 4. The average molecular weight is 397 g/mol. The van der Waals surface area contributed by atoms with E-state index in [1.54, 1.807) is 4.68 Å². The Morgan fingerprint density at radius 2 is 1.71 bits per heavy atom. The number of aromatic nitrogens is 2. The highest BCUT2D eigenvalue weighted by Gasteiger charge is 2.20. The summed E-state index contributed by atoms with van der Waals surface area (Å²) in [4.78, 5) is 17.1. The van der Waals surface area contributed by atoms with Crippen molar-refractivity contribution >= 4 is 17.5 Å². The van der Waals surface area contributed by atoms with Crippen LogP contribution in [0.4, 0.5) is 0 Å². The molecule has 28 heavy (non-hydrogen) atoms. The van der Waals surface area contributed by atoms with Crippen molar-refractivity contribution in [3.05, 3.63) is 82.6 Å². The lowest BCUT2D eigenvalue weighted by molar-refractivity contribution is 0.0725. The average Bonchev–Trinajstić information content (AvgIpc) is 3.08. The van der Waals surface area contributed by atoms with Crippen LogP contribution in [0.1, 0.15) is 21.7 Å². The Morgan fingerprint density at radius 1 is 1.04 bits per heavy atom. The van der Waals surface area contributed by atoms with E-state index in [0.717, 1.165) is 23.5 Å². The third kappa shape index (κ3) is 5.00. The molecule has 1 aromatic heterocycles. The Bertz CT molecular complexity index is 919. The van der Waals surface area contributed by atoms with Gasteiger partial charge in [0.2, 0.25) is 0 Å². The van der Waals surface area contributed by atoms with Gasteiger partial charge in [-0.05, 0) is 56.9 Å². The number of amides is 1. The van der Waals surface area contributed by atoms with E-state index in [1.165, 1.54) is 0 Å². The molecule has 1 heterocycles. The summed E-state index contributed by atoms with van der Waals surface area (Å²) >= 11 is 5.99. The van der Waals surface area contributed by atoms with Gasteiger partial charge in [0.15, 0.2) is 5.69 Å². The zero-order chi connectivity index (χ0) is 20.1. The van der Waals surface area contributed by atoms with E-state index < -0.39 is 0 Å². The molecule has 0 atom stereocenters. The van der Waals surface area contributed by atoms with E-state index in [0.29, 0.717) is 23.8 Å². The van der Waals surface area contributed by atoms with E-state index in [1.807, 2.05) is 86.6 Å². The second kappa shape index (κ2) is 9.04. The minimum Gasteiger partial charge on any atom is -0.332 e. The standard InChI is InChI=1S/C22H25ClN4O/c1-17-15-21(24-27(17)20-7-5-4-6-8-20)22(28)26(14-13-25(2)3)16-18-9-11-19(23)12-10-18/h4-12,15H,13-14,16H2,1-3H3. The predicted molar refractivity (Wildman–Crippen MR) is 113 cm³/mol. The Hall–Kier alpha value is -2.63. The number of halogens is 1. The number of hydrogen-bond acceptors (Lipinski definition) is 3. The molecule has 3 rings (SSSR count). The zero-order valence-electron chi connectivity index (χ0n) is 16.5. The van der Waals surface area contributed by atoms with Crippen LogP contribution in [-0.4, -0.2) is 52.7 Å². The highest BCUT2D eigenvalue weighted by molar-refractivity contribution is 6.30. The molecule has 0 N–H and O–H groups in total. The fraction of sp³-hybridized carbons (Fsp3) is 0.273. The van der Waals surface area contributed by atoms with Crippen molar-refractivity contribution in [1.82, 2.24) is 19.6 Å². The summed E-state index contributed by atoms with van der Waals surface area (Å²) in [6.07, 6.45) is 0. The van der Waals surface area contributed by atoms with Gasteiger partial charge in [0.25, 0.3) is 5.91 Å². The molecule has 0 unspecified atom stereocenters. The van der Waals surface area contributed by atoms with Gasteiger partial charge in [0.05, 0.1) is 5.69 Å². The molecule has 0 aliphatic carbocycles. The van der Waals surface area contributed by atoms with E-state index in [2.05, 4.69) is 10.00 Å². The zero-order valence-corrected chi connectivity index (χ0v) is 17.2. The molecule has 3 aromatic rings. The van der Waals surface area contributed by atoms with Gasteiger partial charge < -0.3 is 9.80 Å². The third-order valence-corrected chi connectivity index (χ3v) is 4.75. The van der Waals surface area contributed by atoms with E-state index >= 15 is 0 Å². The van der Waals surface area contributed by atoms with Crippen molar-refractivity contribution in [3.63, 3.8) is 0 Å². The monoisotopic (exact) mass is 396 g/mol. The van der Waals surface area contributed by atoms with Crippen molar-refractivity contribution in [2.24, 2.45) is 0 Å². The number of carbonyl (C=O) groups excluding carboxylic acids is 1. The van der Waals surface area contributed by atoms with Crippen LogP contribution >= 0.6 is 11.6 Å². The smallest absolute Gasteiger partial charge is 0.274 e. The number of hydrogen-bond donors (Lipinski definition) is 0. The fourth-order valence-corrected chi connectivity index (χ4v) is 3.08. The maximum atomic E-state index is 13.2. The molecule has 0 aliphatic rings. The summed E-state index contributed by atoms with van der Waals surface area (Å²) < 4.78 is 1.81. The lowest BCUT2D eigenvalue weighted by Crippen LogP contribution is -2.36. The van der Waals surface area contributed by atoms with Gasteiger partial charge in [-0.25, -0.2) is 4.68 Å². The maximum Gasteiger partial charge on any atom is 0.274 e. The van der Waals surface area contributed by atoms with Gasteiger partial charge in [-0.2, -0.15) is 5.10 Å². The number of para-hydroxylation sites is 1. The molecule has 0 radical (unpaired) electrons. The highest BCUT2D eigenvalue weighted by atomic mass is 35.5. The summed E-state index contributed by atoms with van der Waals surface area (Å²) in [5.41, 5.74) is 3.36.